The van der Waals surface area contributed by atoms with Crippen molar-refractivity contribution in [2.24, 2.45) is 4.99 Å². The van der Waals surface area contributed by atoms with Crippen molar-refractivity contribution in [1.82, 2.24) is 0 Å². The van der Waals surface area contributed by atoms with Crippen molar-refractivity contribution in [3.05, 3.63) is 93.3 Å². The summed E-state index contributed by atoms with van der Waals surface area (Å²) in [5, 5.41) is 4.60. The highest BCUT2D eigenvalue weighted by molar-refractivity contribution is 7.12. The van der Waals surface area contributed by atoms with Gasteiger partial charge in [0.05, 0.1) is 7.11 Å². The highest BCUT2D eigenvalue weighted by Gasteiger charge is 2.24. The lowest BCUT2D eigenvalue weighted by atomic mass is 10.1. The maximum atomic E-state index is 12.4. The lowest BCUT2D eigenvalue weighted by Gasteiger charge is -2.09. The van der Waals surface area contributed by atoms with E-state index in [1.165, 1.54) is 18.4 Å². The highest BCUT2D eigenvalue weighted by atomic mass is 32.1. The monoisotopic (exact) mass is 516 g/mol. The van der Waals surface area contributed by atoms with Gasteiger partial charge in [-0.05, 0) is 73.3 Å². The topological polar surface area (TPSA) is 103 Å². The van der Waals surface area contributed by atoms with Gasteiger partial charge in [-0.1, -0.05) is 23.8 Å². The molecule has 0 bridgehead atoms. The predicted octanol–water partition coefficient (Wildman–Crippen LogP) is 5.62. The first-order valence-electron chi connectivity index (χ1n) is 11.3. The maximum Gasteiger partial charge on any atom is 0.363 e. The van der Waals surface area contributed by atoms with Crippen LogP contribution in [0.1, 0.15) is 41.1 Å². The van der Waals surface area contributed by atoms with Crippen molar-refractivity contribution >= 4 is 46.8 Å². The Morgan fingerprint density at radius 3 is 2.54 bits per heavy atom. The van der Waals surface area contributed by atoms with Crippen LogP contribution in [0.25, 0.3) is 6.08 Å². The number of thiophene rings is 1. The van der Waals surface area contributed by atoms with E-state index in [4.69, 9.17) is 14.2 Å². The second-order valence-electron chi connectivity index (χ2n) is 8.22. The summed E-state index contributed by atoms with van der Waals surface area (Å²) in [5.74, 6) is -0.447. The SMILES string of the molecule is COc1cc(/C=C2/N=C(c3ccc(NC(=O)CC=C(C)C)cc3)OC2=O)ccc1OC(=O)c1cccs1. The molecule has 1 aromatic heterocycles. The van der Waals surface area contributed by atoms with E-state index < -0.39 is 11.9 Å². The number of nitrogens with one attached hydrogen (secondary N) is 1. The van der Waals surface area contributed by atoms with Crippen molar-refractivity contribution in [2.75, 3.05) is 12.4 Å². The number of carbonyl (C=O) groups is 3. The second kappa shape index (κ2) is 11.5. The molecule has 2 aromatic carbocycles. The minimum absolute atomic E-state index is 0.111. The summed E-state index contributed by atoms with van der Waals surface area (Å²) in [5.41, 5.74) is 3.01. The molecule has 0 saturated carbocycles. The van der Waals surface area contributed by atoms with Crippen molar-refractivity contribution < 1.29 is 28.6 Å². The molecule has 1 N–H and O–H groups in total. The molecule has 0 spiro atoms. The van der Waals surface area contributed by atoms with Crippen LogP contribution in [0.3, 0.4) is 0 Å². The van der Waals surface area contributed by atoms with Crippen LogP contribution in [0, 0.1) is 0 Å². The number of cyclic esters (lactones) is 1. The fourth-order valence-electron chi connectivity index (χ4n) is 3.30. The lowest BCUT2D eigenvalue weighted by molar-refractivity contribution is -0.130. The zero-order valence-corrected chi connectivity index (χ0v) is 21.3. The van der Waals surface area contributed by atoms with Gasteiger partial charge in [0.1, 0.15) is 4.88 Å². The summed E-state index contributed by atoms with van der Waals surface area (Å²) in [7, 11) is 1.46. The number of esters is 2. The van der Waals surface area contributed by atoms with Gasteiger partial charge in [-0.15, -0.1) is 11.3 Å². The second-order valence-corrected chi connectivity index (χ2v) is 9.17. The van der Waals surface area contributed by atoms with Crippen LogP contribution in [0.2, 0.25) is 0 Å². The Bertz CT molecular complexity index is 1420. The zero-order valence-electron chi connectivity index (χ0n) is 20.4. The molecule has 0 atom stereocenters. The summed E-state index contributed by atoms with van der Waals surface area (Å²) >= 11 is 1.28. The van der Waals surface area contributed by atoms with Gasteiger partial charge >= 0.3 is 11.9 Å². The third-order valence-corrected chi connectivity index (χ3v) is 6.00. The van der Waals surface area contributed by atoms with E-state index in [1.54, 1.807) is 66.1 Å². The summed E-state index contributed by atoms with van der Waals surface area (Å²) < 4.78 is 16.1. The van der Waals surface area contributed by atoms with Crippen LogP contribution < -0.4 is 14.8 Å². The Labute approximate surface area is 217 Å². The molecule has 0 radical (unpaired) electrons. The van der Waals surface area contributed by atoms with Crippen LogP contribution in [-0.4, -0.2) is 30.9 Å². The van der Waals surface area contributed by atoms with Crippen LogP contribution in [0.4, 0.5) is 5.69 Å². The molecular formula is C28H24N2O6S. The first-order valence-corrected chi connectivity index (χ1v) is 12.2. The van der Waals surface area contributed by atoms with Gasteiger partial charge in [0.2, 0.25) is 11.8 Å². The molecule has 1 aliphatic rings. The standard InChI is InChI=1S/C28H24N2O6S/c1-17(2)6-13-25(31)29-20-10-8-19(9-11-20)26-30-21(27(32)36-26)15-18-7-12-22(23(16-18)34-3)35-28(33)24-5-4-14-37-24/h4-12,14-16H,13H2,1-3H3,(H,29,31)/b21-15+. The molecule has 8 nitrogen and oxygen atoms in total. The normalized spacial score (nSPS) is 13.5. The molecule has 0 fully saturated rings. The Hall–Kier alpha value is -4.50. The van der Waals surface area contributed by atoms with Gasteiger partial charge in [0.25, 0.3) is 0 Å². The van der Waals surface area contributed by atoms with Crippen molar-refractivity contribution in [2.45, 2.75) is 20.3 Å². The highest BCUT2D eigenvalue weighted by Crippen LogP contribution is 2.31. The minimum atomic E-state index is -0.596. The molecular weight excluding hydrogens is 492 g/mol. The number of hydrogen-bond acceptors (Lipinski definition) is 8. The van der Waals surface area contributed by atoms with Crippen molar-refractivity contribution in [3.8, 4) is 11.5 Å². The number of anilines is 1. The first-order chi connectivity index (χ1) is 17.8. The molecule has 9 heteroatoms. The third kappa shape index (κ3) is 6.59. The van der Waals surface area contributed by atoms with Crippen LogP contribution in [0.15, 0.2) is 82.3 Å². The number of allylic oxidation sites excluding steroid dienone is 1. The van der Waals surface area contributed by atoms with E-state index in [1.807, 2.05) is 19.9 Å². The zero-order chi connectivity index (χ0) is 26.4. The van der Waals surface area contributed by atoms with Gasteiger partial charge in [0, 0.05) is 17.7 Å². The Kier molecular flexibility index (Phi) is 7.95. The molecule has 1 aliphatic heterocycles. The smallest absolute Gasteiger partial charge is 0.363 e. The van der Waals surface area contributed by atoms with E-state index in [0.29, 0.717) is 33.9 Å². The van der Waals surface area contributed by atoms with Gasteiger partial charge in [-0.2, -0.15) is 0 Å². The summed E-state index contributed by atoms with van der Waals surface area (Å²) in [6.07, 6.45) is 3.71. The maximum absolute atomic E-state index is 12.4. The lowest BCUT2D eigenvalue weighted by Crippen LogP contribution is -2.10. The fraction of sp³-hybridized carbons (Fsp3) is 0.143. The van der Waals surface area contributed by atoms with Crippen molar-refractivity contribution in [1.29, 1.82) is 0 Å². The average Bonchev–Trinajstić information content (AvgIpc) is 3.55. The summed E-state index contributed by atoms with van der Waals surface area (Å²) in [4.78, 5) is 41.5. The summed E-state index contributed by atoms with van der Waals surface area (Å²) in [6.45, 7) is 3.87. The van der Waals surface area contributed by atoms with E-state index >= 15 is 0 Å². The third-order valence-electron chi connectivity index (χ3n) is 5.15. The first kappa shape index (κ1) is 25.6. The number of amides is 1. The Balaban J connectivity index is 1.47. The number of ether oxygens (including phenoxy) is 3. The Morgan fingerprint density at radius 1 is 1.08 bits per heavy atom. The van der Waals surface area contributed by atoms with Crippen LogP contribution >= 0.6 is 11.3 Å². The molecule has 4 rings (SSSR count). The number of benzene rings is 2. The molecule has 0 aliphatic carbocycles. The van der Waals surface area contributed by atoms with Gasteiger partial charge in [-0.25, -0.2) is 14.6 Å². The molecule has 0 saturated heterocycles. The molecule has 0 unspecified atom stereocenters. The molecule has 1 amide bonds. The van der Waals surface area contributed by atoms with Gasteiger partial charge in [-0.3, -0.25) is 4.79 Å². The van der Waals surface area contributed by atoms with Crippen LogP contribution in [-0.2, 0) is 14.3 Å². The predicted molar refractivity (Wildman–Crippen MR) is 142 cm³/mol. The van der Waals surface area contributed by atoms with E-state index in [2.05, 4.69) is 10.3 Å². The Morgan fingerprint density at radius 2 is 1.86 bits per heavy atom. The number of rotatable bonds is 8. The largest absolute Gasteiger partial charge is 0.493 e. The van der Waals surface area contributed by atoms with Crippen LogP contribution in [0.5, 0.6) is 11.5 Å². The summed E-state index contributed by atoms with van der Waals surface area (Å²) in [6, 6.07) is 15.2. The number of carbonyl (C=O) groups excluding carboxylic acids is 3. The molecule has 37 heavy (non-hydrogen) atoms. The number of methoxy groups -OCH3 is 1. The quantitative estimate of drug-likeness (QED) is 0.181. The fourth-order valence-corrected chi connectivity index (χ4v) is 3.90. The molecule has 2 heterocycles. The van der Waals surface area contributed by atoms with Gasteiger partial charge < -0.3 is 19.5 Å². The number of aliphatic imine (C=N–C) groups is 1. The number of nitrogens with zero attached hydrogens (tertiary/aromatic N) is 1. The van der Waals surface area contributed by atoms with E-state index in [0.717, 1.165) is 5.57 Å². The molecule has 188 valence electrons. The van der Waals surface area contributed by atoms with E-state index in [-0.39, 0.29) is 23.3 Å². The molecule has 3 aromatic rings. The minimum Gasteiger partial charge on any atom is -0.493 e. The van der Waals surface area contributed by atoms with Crippen molar-refractivity contribution in [3.63, 3.8) is 0 Å². The average molecular weight is 517 g/mol. The van der Waals surface area contributed by atoms with E-state index in [9.17, 15) is 14.4 Å². The number of hydrogen-bond donors (Lipinski definition) is 1. The van der Waals surface area contributed by atoms with Gasteiger partial charge in [0.15, 0.2) is 17.2 Å².